The van der Waals surface area contributed by atoms with E-state index < -0.39 is 17.9 Å². The number of thiazole rings is 1. The lowest BCUT2D eigenvalue weighted by atomic mass is 10.3. The quantitative estimate of drug-likeness (QED) is 0.784. The van der Waals surface area contributed by atoms with Crippen LogP contribution in [0.5, 0.6) is 0 Å². The number of carbonyl (C=O) groups is 2. The zero-order chi connectivity index (χ0) is 14.5. The fourth-order valence-corrected chi connectivity index (χ4v) is 2.12. The molecule has 1 heterocycles. The Balaban J connectivity index is 2.02. The first-order valence-corrected chi connectivity index (χ1v) is 6.75. The molecule has 6 nitrogen and oxygen atoms in total. The second-order valence-corrected chi connectivity index (χ2v) is 4.92. The summed E-state index contributed by atoms with van der Waals surface area (Å²) in [5.74, 6) is -1.59. The number of nitrogens with zero attached hydrogens (tertiary/aromatic N) is 1. The molecule has 0 aliphatic heterocycles. The van der Waals surface area contributed by atoms with Gasteiger partial charge in [0.2, 0.25) is 0 Å². The molecular formula is C13H13N3O3S. The maximum atomic E-state index is 11.8. The van der Waals surface area contributed by atoms with Crippen LogP contribution in [0.3, 0.4) is 0 Å². The van der Waals surface area contributed by atoms with Crippen molar-refractivity contribution in [3.8, 4) is 0 Å². The highest BCUT2D eigenvalue weighted by molar-refractivity contribution is 7.14. The van der Waals surface area contributed by atoms with Crippen LogP contribution in [0.15, 0.2) is 35.7 Å². The fraction of sp³-hybridized carbons (Fsp3) is 0.154. The normalized spacial score (nSPS) is 11.7. The lowest BCUT2D eigenvalue weighted by molar-refractivity contribution is -0.138. The number of aliphatic carboxylic acids is 1. The molecule has 0 aliphatic rings. The summed E-state index contributed by atoms with van der Waals surface area (Å²) in [5, 5.41) is 16.3. The summed E-state index contributed by atoms with van der Waals surface area (Å²) in [7, 11) is 0. The average Bonchev–Trinajstić information content (AvgIpc) is 2.88. The molecule has 0 radical (unpaired) electrons. The molecule has 0 fully saturated rings. The minimum absolute atomic E-state index is 0.196. The SMILES string of the molecule is CC(NC(=O)c1csc(Nc2ccccc2)n1)C(=O)O. The number of carboxylic acid groups (broad SMARTS) is 1. The maximum Gasteiger partial charge on any atom is 0.325 e. The Labute approximate surface area is 119 Å². The van der Waals surface area contributed by atoms with E-state index in [4.69, 9.17) is 5.11 Å². The summed E-state index contributed by atoms with van der Waals surface area (Å²) in [6.07, 6.45) is 0. The van der Waals surface area contributed by atoms with Crippen LogP contribution in [0.1, 0.15) is 17.4 Å². The smallest absolute Gasteiger partial charge is 0.325 e. The van der Waals surface area contributed by atoms with Crippen LogP contribution in [-0.4, -0.2) is 28.0 Å². The number of carboxylic acids is 1. The van der Waals surface area contributed by atoms with Crippen molar-refractivity contribution >= 4 is 34.0 Å². The Bertz CT molecular complexity index is 612. The second-order valence-electron chi connectivity index (χ2n) is 4.06. The van der Waals surface area contributed by atoms with E-state index in [2.05, 4.69) is 15.6 Å². The Morgan fingerprint density at radius 1 is 1.30 bits per heavy atom. The number of aromatic nitrogens is 1. The van der Waals surface area contributed by atoms with Crippen LogP contribution in [-0.2, 0) is 4.79 Å². The Hall–Kier alpha value is -2.41. The molecule has 1 unspecified atom stereocenters. The Morgan fingerprint density at radius 3 is 2.65 bits per heavy atom. The van der Waals surface area contributed by atoms with E-state index in [9.17, 15) is 9.59 Å². The molecule has 0 aliphatic carbocycles. The van der Waals surface area contributed by atoms with Crippen molar-refractivity contribution in [2.24, 2.45) is 0 Å². The number of nitrogens with one attached hydrogen (secondary N) is 2. The Morgan fingerprint density at radius 2 is 2.00 bits per heavy atom. The van der Waals surface area contributed by atoms with Crippen molar-refractivity contribution in [2.45, 2.75) is 13.0 Å². The van der Waals surface area contributed by atoms with Crippen LogP contribution in [0, 0.1) is 0 Å². The highest BCUT2D eigenvalue weighted by Gasteiger charge is 2.17. The minimum Gasteiger partial charge on any atom is -0.480 e. The molecule has 2 aromatic rings. The van der Waals surface area contributed by atoms with Gasteiger partial charge in [0.1, 0.15) is 11.7 Å². The lowest BCUT2D eigenvalue weighted by Gasteiger charge is -2.07. The molecule has 3 N–H and O–H groups in total. The maximum absolute atomic E-state index is 11.8. The third-order valence-electron chi connectivity index (χ3n) is 2.48. The molecule has 2 rings (SSSR count). The van der Waals surface area contributed by atoms with E-state index in [0.29, 0.717) is 5.13 Å². The van der Waals surface area contributed by atoms with E-state index in [1.165, 1.54) is 18.3 Å². The van der Waals surface area contributed by atoms with E-state index in [-0.39, 0.29) is 5.69 Å². The molecule has 1 aromatic heterocycles. The number of hydrogen-bond acceptors (Lipinski definition) is 5. The van der Waals surface area contributed by atoms with Crippen molar-refractivity contribution in [1.82, 2.24) is 10.3 Å². The van der Waals surface area contributed by atoms with E-state index in [0.717, 1.165) is 5.69 Å². The van der Waals surface area contributed by atoms with Gasteiger partial charge in [-0.05, 0) is 19.1 Å². The van der Waals surface area contributed by atoms with E-state index in [1.807, 2.05) is 30.3 Å². The molecule has 0 saturated heterocycles. The summed E-state index contributed by atoms with van der Waals surface area (Å²) in [4.78, 5) is 26.6. The van der Waals surface area contributed by atoms with Crippen LogP contribution < -0.4 is 10.6 Å². The standard InChI is InChI=1S/C13H13N3O3S/c1-8(12(18)19)14-11(17)10-7-20-13(16-10)15-9-5-3-2-4-6-9/h2-8H,1H3,(H,14,17)(H,15,16)(H,18,19). The predicted octanol–water partition coefficient (Wildman–Crippen LogP) is 2.09. The van der Waals surface area contributed by atoms with Crippen LogP contribution in [0.25, 0.3) is 0 Å². The summed E-state index contributed by atoms with van der Waals surface area (Å²) in [6, 6.07) is 8.49. The van der Waals surface area contributed by atoms with Gasteiger partial charge in [-0.25, -0.2) is 4.98 Å². The molecule has 0 spiro atoms. The van der Waals surface area contributed by atoms with Gasteiger partial charge in [-0.3, -0.25) is 9.59 Å². The summed E-state index contributed by atoms with van der Waals surface area (Å²) < 4.78 is 0. The van der Waals surface area contributed by atoms with Crippen molar-refractivity contribution in [3.63, 3.8) is 0 Å². The van der Waals surface area contributed by atoms with Gasteiger partial charge in [0.15, 0.2) is 5.13 Å². The van der Waals surface area contributed by atoms with E-state index >= 15 is 0 Å². The molecule has 0 saturated carbocycles. The summed E-state index contributed by atoms with van der Waals surface area (Å²) >= 11 is 1.28. The number of benzene rings is 1. The second kappa shape index (κ2) is 6.16. The van der Waals surface area contributed by atoms with Gasteiger partial charge in [-0.1, -0.05) is 18.2 Å². The molecule has 1 aromatic carbocycles. The van der Waals surface area contributed by atoms with Crippen LogP contribution in [0.2, 0.25) is 0 Å². The third-order valence-corrected chi connectivity index (χ3v) is 3.24. The molecule has 1 atom stereocenters. The Kier molecular flexibility index (Phi) is 4.31. The number of anilines is 2. The number of rotatable bonds is 5. The van der Waals surface area contributed by atoms with Gasteiger partial charge < -0.3 is 15.7 Å². The predicted molar refractivity (Wildman–Crippen MR) is 76.4 cm³/mol. The van der Waals surface area contributed by atoms with Gasteiger partial charge >= 0.3 is 5.97 Å². The monoisotopic (exact) mass is 291 g/mol. The molecule has 20 heavy (non-hydrogen) atoms. The molecule has 1 amide bonds. The number of amides is 1. The summed E-state index contributed by atoms with van der Waals surface area (Å²) in [5.41, 5.74) is 1.06. The lowest BCUT2D eigenvalue weighted by Crippen LogP contribution is -2.38. The number of carbonyl (C=O) groups excluding carboxylic acids is 1. The van der Waals surface area contributed by atoms with Gasteiger partial charge in [0.05, 0.1) is 0 Å². The highest BCUT2D eigenvalue weighted by atomic mass is 32.1. The third kappa shape index (κ3) is 3.55. The largest absolute Gasteiger partial charge is 0.480 e. The number of hydrogen-bond donors (Lipinski definition) is 3. The molecule has 0 bridgehead atoms. The summed E-state index contributed by atoms with van der Waals surface area (Å²) in [6.45, 7) is 1.40. The fourth-order valence-electron chi connectivity index (χ4n) is 1.41. The number of para-hydroxylation sites is 1. The molecule has 7 heteroatoms. The van der Waals surface area contributed by atoms with Crippen molar-refractivity contribution < 1.29 is 14.7 Å². The highest BCUT2D eigenvalue weighted by Crippen LogP contribution is 2.20. The van der Waals surface area contributed by atoms with Crippen molar-refractivity contribution in [1.29, 1.82) is 0 Å². The zero-order valence-electron chi connectivity index (χ0n) is 10.7. The minimum atomic E-state index is -1.09. The van der Waals surface area contributed by atoms with Crippen molar-refractivity contribution in [3.05, 3.63) is 41.4 Å². The van der Waals surface area contributed by atoms with Gasteiger partial charge in [-0.2, -0.15) is 0 Å². The first-order valence-electron chi connectivity index (χ1n) is 5.87. The first-order chi connectivity index (χ1) is 9.56. The van der Waals surface area contributed by atoms with Gasteiger partial charge in [0.25, 0.3) is 5.91 Å². The van der Waals surface area contributed by atoms with Crippen LogP contribution >= 0.6 is 11.3 Å². The topological polar surface area (TPSA) is 91.3 Å². The van der Waals surface area contributed by atoms with Gasteiger partial charge in [-0.15, -0.1) is 11.3 Å². The van der Waals surface area contributed by atoms with Crippen LogP contribution in [0.4, 0.5) is 10.8 Å². The average molecular weight is 291 g/mol. The zero-order valence-corrected chi connectivity index (χ0v) is 11.5. The first kappa shape index (κ1) is 14.0. The molecule has 104 valence electrons. The molecular weight excluding hydrogens is 278 g/mol. The van der Waals surface area contributed by atoms with Gasteiger partial charge in [0, 0.05) is 11.1 Å². The van der Waals surface area contributed by atoms with E-state index in [1.54, 1.807) is 5.38 Å². The van der Waals surface area contributed by atoms with Crippen molar-refractivity contribution in [2.75, 3.05) is 5.32 Å².